The number of amides is 1. The fourth-order valence-electron chi connectivity index (χ4n) is 4.70. The third-order valence-electron chi connectivity index (χ3n) is 6.38. The van der Waals surface area contributed by atoms with Gasteiger partial charge in [0.1, 0.15) is 11.6 Å². The molecular weight excluding hydrogens is 378 g/mol. The summed E-state index contributed by atoms with van der Waals surface area (Å²) in [7, 11) is 0. The predicted octanol–water partition coefficient (Wildman–Crippen LogP) is 2.73. The number of likely N-dealkylation sites (tertiary alicyclic amines) is 1. The van der Waals surface area contributed by atoms with Gasteiger partial charge < -0.3 is 15.5 Å². The normalized spacial score (nSPS) is 21.4. The van der Waals surface area contributed by atoms with Gasteiger partial charge in [0.15, 0.2) is 5.82 Å². The molecule has 0 spiro atoms. The molecule has 1 amide bonds. The van der Waals surface area contributed by atoms with Gasteiger partial charge in [-0.25, -0.2) is 9.97 Å². The molecule has 2 aliphatic rings. The monoisotopic (exact) mass is 411 g/mol. The van der Waals surface area contributed by atoms with Crippen molar-refractivity contribution in [1.29, 1.82) is 0 Å². The molecule has 30 heavy (non-hydrogen) atoms. The van der Waals surface area contributed by atoms with Crippen molar-refractivity contribution in [2.75, 3.05) is 31.5 Å². The van der Waals surface area contributed by atoms with Crippen molar-refractivity contribution in [3.8, 4) is 0 Å². The van der Waals surface area contributed by atoms with Crippen molar-refractivity contribution in [3.05, 3.63) is 29.3 Å². The number of aromatic amines is 1. The molecule has 3 N–H and O–H groups in total. The fourth-order valence-corrected chi connectivity index (χ4v) is 4.70. The van der Waals surface area contributed by atoms with Gasteiger partial charge in [0.25, 0.3) is 0 Å². The quantitative estimate of drug-likeness (QED) is 0.700. The minimum atomic E-state index is -0.211. The van der Waals surface area contributed by atoms with E-state index in [0.717, 1.165) is 87.1 Å². The number of hydrogen-bond donors (Lipinski definition) is 3. The lowest BCUT2D eigenvalue weighted by Crippen LogP contribution is -2.50. The van der Waals surface area contributed by atoms with E-state index in [4.69, 9.17) is 0 Å². The molecule has 162 valence electrons. The average Bonchev–Trinajstić information content (AvgIpc) is 3.12. The third kappa shape index (κ3) is 4.80. The number of hydrogen-bond acceptors (Lipinski definition) is 6. The van der Waals surface area contributed by atoms with E-state index in [1.165, 1.54) is 0 Å². The van der Waals surface area contributed by atoms with Crippen molar-refractivity contribution < 1.29 is 4.79 Å². The van der Waals surface area contributed by atoms with Crippen LogP contribution in [-0.2, 0) is 11.2 Å². The lowest BCUT2D eigenvalue weighted by Gasteiger charge is -2.41. The van der Waals surface area contributed by atoms with Gasteiger partial charge in [-0.3, -0.25) is 9.89 Å². The van der Waals surface area contributed by atoms with E-state index in [0.29, 0.717) is 11.8 Å². The Balaban J connectivity index is 1.41. The third-order valence-corrected chi connectivity index (χ3v) is 6.38. The summed E-state index contributed by atoms with van der Waals surface area (Å²) in [5.41, 5.74) is 1.81. The lowest BCUT2D eigenvalue weighted by molar-refractivity contribution is -0.144. The largest absolute Gasteiger partial charge is 0.342 e. The molecule has 2 aliphatic heterocycles. The molecule has 1 atom stereocenters. The summed E-state index contributed by atoms with van der Waals surface area (Å²) >= 11 is 0. The van der Waals surface area contributed by atoms with Crippen LogP contribution in [0.2, 0.25) is 0 Å². The molecule has 0 unspecified atom stereocenters. The highest BCUT2D eigenvalue weighted by Crippen LogP contribution is 2.32. The summed E-state index contributed by atoms with van der Waals surface area (Å²) in [5.74, 6) is 3.02. The maximum atomic E-state index is 13.2. The number of nitrogens with one attached hydrogen (secondary N) is 3. The zero-order valence-electron chi connectivity index (χ0n) is 18.3. The minimum absolute atomic E-state index is 0.211. The first kappa shape index (κ1) is 20.8. The van der Waals surface area contributed by atoms with Crippen LogP contribution in [0.1, 0.15) is 49.8 Å². The molecule has 0 aromatic carbocycles. The Kier molecular flexibility index (Phi) is 6.04. The molecule has 8 heteroatoms. The van der Waals surface area contributed by atoms with Gasteiger partial charge in [-0.1, -0.05) is 6.92 Å². The van der Waals surface area contributed by atoms with E-state index in [1.807, 2.05) is 26.0 Å². The highest BCUT2D eigenvalue weighted by molar-refractivity contribution is 5.82. The van der Waals surface area contributed by atoms with Gasteiger partial charge in [0, 0.05) is 42.0 Å². The van der Waals surface area contributed by atoms with Crippen LogP contribution in [0.25, 0.3) is 0 Å². The van der Waals surface area contributed by atoms with E-state index >= 15 is 0 Å². The Hall–Kier alpha value is -2.48. The van der Waals surface area contributed by atoms with Gasteiger partial charge in [-0.15, -0.1) is 0 Å². The van der Waals surface area contributed by atoms with Crippen LogP contribution in [0.5, 0.6) is 0 Å². The molecule has 4 rings (SSSR count). The standard InChI is InChI=1S/C22H33N7O/c1-15-11-20(28-27-15)26-19-13-18(24-16(2)25-19)12-17-5-4-10-29(14-17)21(30)22(3)6-8-23-9-7-22/h11,13,17,23H,4-10,12,14H2,1-3H3,(H2,24,25,26,27,28)/t17-/m1/s1. The smallest absolute Gasteiger partial charge is 0.228 e. The summed E-state index contributed by atoms with van der Waals surface area (Å²) in [6.45, 7) is 9.60. The van der Waals surface area contributed by atoms with E-state index in [-0.39, 0.29) is 5.41 Å². The Morgan fingerprint density at radius 2 is 2.03 bits per heavy atom. The second kappa shape index (κ2) is 8.71. The molecule has 2 aromatic heterocycles. The Morgan fingerprint density at radius 1 is 1.23 bits per heavy atom. The van der Waals surface area contributed by atoms with E-state index in [2.05, 4.69) is 42.6 Å². The van der Waals surface area contributed by atoms with E-state index < -0.39 is 0 Å². The first-order chi connectivity index (χ1) is 14.4. The number of H-pyrrole nitrogens is 1. The summed E-state index contributed by atoms with van der Waals surface area (Å²) in [6, 6.07) is 3.95. The molecule has 2 fully saturated rings. The molecule has 0 radical (unpaired) electrons. The maximum absolute atomic E-state index is 13.2. The number of aryl methyl sites for hydroxylation is 2. The zero-order valence-corrected chi connectivity index (χ0v) is 18.3. The Labute approximate surface area is 178 Å². The van der Waals surface area contributed by atoms with Crippen LogP contribution in [0.3, 0.4) is 0 Å². The minimum Gasteiger partial charge on any atom is -0.342 e. The van der Waals surface area contributed by atoms with Gasteiger partial charge in [-0.05, 0) is 65.0 Å². The maximum Gasteiger partial charge on any atom is 0.228 e. The Morgan fingerprint density at radius 3 is 2.77 bits per heavy atom. The average molecular weight is 412 g/mol. The lowest BCUT2D eigenvalue weighted by atomic mass is 9.79. The van der Waals surface area contributed by atoms with Crippen LogP contribution in [0.15, 0.2) is 12.1 Å². The first-order valence-corrected chi connectivity index (χ1v) is 11.0. The number of aromatic nitrogens is 4. The second-order valence-corrected chi connectivity index (χ2v) is 9.13. The molecule has 2 saturated heterocycles. The zero-order chi connectivity index (χ0) is 21.1. The van der Waals surface area contributed by atoms with Gasteiger partial charge in [0.05, 0.1) is 0 Å². The second-order valence-electron chi connectivity index (χ2n) is 9.13. The summed E-state index contributed by atoms with van der Waals surface area (Å²) in [5, 5.41) is 13.8. The van der Waals surface area contributed by atoms with E-state index in [9.17, 15) is 4.79 Å². The highest BCUT2D eigenvalue weighted by Gasteiger charge is 2.39. The van der Waals surface area contributed by atoms with Crippen LogP contribution >= 0.6 is 0 Å². The van der Waals surface area contributed by atoms with Crippen LogP contribution < -0.4 is 10.6 Å². The number of carbonyl (C=O) groups is 1. The molecule has 8 nitrogen and oxygen atoms in total. The molecular formula is C22H33N7O. The number of carbonyl (C=O) groups excluding carboxylic acids is 1. The van der Waals surface area contributed by atoms with E-state index in [1.54, 1.807) is 0 Å². The number of rotatable bonds is 5. The van der Waals surface area contributed by atoms with Crippen molar-refractivity contribution >= 4 is 17.5 Å². The fraction of sp³-hybridized carbons (Fsp3) is 0.636. The molecule has 4 heterocycles. The number of piperidine rings is 2. The van der Waals surface area contributed by atoms with Crippen molar-refractivity contribution in [2.45, 2.75) is 52.9 Å². The van der Waals surface area contributed by atoms with Crippen molar-refractivity contribution in [3.63, 3.8) is 0 Å². The van der Waals surface area contributed by atoms with Crippen molar-refractivity contribution in [2.24, 2.45) is 11.3 Å². The van der Waals surface area contributed by atoms with Gasteiger partial charge in [-0.2, -0.15) is 5.10 Å². The molecule has 0 aliphatic carbocycles. The van der Waals surface area contributed by atoms with Crippen LogP contribution in [0.4, 0.5) is 11.6 Å². The molecule has 0 bridgehead atoms. The summed E-state index contributed by atoms with van der Waals surface area (Å²) < 4.78 is 0. The SMILES string of the molecule is Cc1nc(C[C@H]2CCCN(C(=O)C3(C)CCNCC3)C2)cc(Nc2cc(C)[nH]n2)n1. The first-order valence-electron chi connectivity index (χ1n) is 11.0. The predicted molar refractivity (Wildman–Crippen MR) is 117 cm³/mol. The summed E-state index contributed by atoms with van der Waals surface area (Å²) in [4.78, 5) is 24.5. The van der Waals surface area contributed by atoms with Gasteiger partial charge in [0.2, 0.25) is 5.91 Å². The highest BCUT2D eigenvalue weighted by atomic mass is 16.2. The van der Waals surface area contributed by atoms with Crippen LogP contribution in [-0.4, -0.2) is 57.2 Å². The van der Waals surface area contributed by atoms with Gasteiger partial charge >= 0.3 is 0 Å². The summed E-state index contributed by atoms with van der Waals surface area (Å²) in [6.07, 6.45) is 4.91. The topological polar surface area (TPSA) is 98.8 Å². The van der Waals surface area contributed by atoms with Crippen LogP contribution in [0, 0.1) is 25.2 Å². The number of nitrogens with zero attached hydrogens (tertiary/aromatic N) is 4. The molecule has 0 saturated carbocycles. The van der Waals surface area contributed by atoms with Crippen molar-refractivity contribution in [1.82, 2.24) is 30.4 Å². The molecule has 2 aromatic rings. The number of anilines is 2. The Bertz CT molecular complexity index is 887.